The van der Waals surface area contributed by atoms with Crippen LogP contribution in [0, 0.1) is 0 Å². The van der Waals surface area contributed by atoms with Crippen LogP contribution in [0.2, 0.25) is 0 Å². The standard InChI is InChI=1S/C6H4F3NO4S2/c7-15(8,11)10-5-3-1-2-4-6(5)14-16(9,12)13/h1-4H. The first-order valence-electron chi connectivity index (χ1n) is 3.57. The van der Waals surface area contributed by atoms with E-state index in [0.29, 0.717) is 0 Å². The molecule has 0 saturated carbocycles. The number of rotatable bonds is 3. The highest BCUT2D eigenvalue weighted by Gasteiger charge is 2.14. The molecule has 1 rings (SSSR count). The normalized spacial score (nSPS) is 12.2. The van der Waals surface area contributed by atoms with Crippen molar-refractivity contribution in [3.05, 3.63) is 24.3 Å². The van der Waals surface area contributed by atoms with E-state index < -0.39 is 32.4 Å². The molecule has 0 amide bonds. The van der Waals surface area contributed by atoms with Crippen LogP contribution in [0.5, 0.6) is 5.75 Å². The summed E-state index contributed by atoms with van der Waals surface area (Å²) in [5.74, 6) is -0.770. The average Bonchev–Trinajstić information content (AvgIpc) is 2.03. The first kappa shape index (κ1) is 12.8. The van der Waals surface area contributed by atoms with Gasteiger partial charge in [0.1, 0.15) is 5.69 Å². The molecule has 0 spiro atoms. The van der Waals surface area contributed by atoms with Gasteiger partial charge in [0.15, 0.2) is 5.75 Å². The van der Waals surface area contributed by atoms with E-state index in [9.17, 15) is 24.3 Å². The molecule has 90 valence electrons. The zero-order valence-electron chi connectivity index (χ0n) is 7.34. The van der Waals surface area contributed by atoms with Crippen molar-refractivity contribution >= 4 is 26.7 Å². The van der Waals surface area contributed by atoms with Gasteiger partial charge in [-0.15, -0.1) is 4.36 Å². The third-order valence-electron chi connectivity index (χ3n) is 1.26. The maximum absolute atomic E-state index is 12.1. The first-order chi connectivity index (χ1) is 7.17. The minimum absolute atomic E-state index is 0.723. The van der Waals surface area contributed by atoms with Crippen LogP contribution in [0.15, 0.2) is 28.6 Å². The molecule has 16 heavy (non-hydrogen) atoms. The van der Waals surface area contributed by atoms with Crippen molar-refractivity contribution in [3.8, 4) is 5.75 Å². The second-order valence-corrected chi connectivity index (χ2v) is 4.36. The molecule has 10 heteroatoms. The highest BCUT2D eigenvalue weighted by Crippen LogP contribution is 2.30. The minimum atomic E-state index is -5.48. The van der Waals surface area contributed by atoms with Crippen LogP contribution >= 0.6 is 0 Å². The van der Waals surface area contributed by atoms with Crippen molar-refractivity contribution in [3.63, 3.8) is 0 Å². The lowest BCUT2D eigenvalue weighted by molar-refractivity contribution is 0.440. The van der Waals surface area contributed by atoms with Gasteiger partial charge in [-0.25, -0.2) is 0 Å². The van der Waals surface area contributed by atoms with E-state index in [4.69, 9.17) is 0 Å². The Morgan fingerprint density at radius 1 is 1.06 bits per heavy atom. The molecular weight excluding hydrogens is 271 g/mol. The summed E-state index contributed by atoms with van der Waals surface area (Å²) in [6, 6.07) is 4.21. The maximum atomic E-state index is 12.1. The van der Waals surface area contributed by atoms with Crippen molar-refractivity contribution in [1.82, 2.24) is 0 Å². The van der Waals surface area contributed by atoms with E-state index in [2.05, 4.69) is 8.55 Å². The molecule has 0 aromatic heterocycles. The van der Waals surface area contributed by atoms with E-state index in [-0.39, 0.29) is 0 Å². The van der Waals surface area contributed by atoms with Gasteiger partial charge in [-0.2, -0.15) is 12.6 Å². The van der Waals surface area contributed by atoms with Gasteiger partial charge in [0, 0.05) is 0 Å². The molecule has 0 aliphatic carbocycles. The number of hydrogen-bond donors (Lipinski definition) is 0. The van der Waals surface area contributed by atoms with Gasteiger partial charge in [-0.3, -0.25) is 0 Å². The summed E-state index contributed by atoms with van der Waals surface area (Å²) in [5.41, 5.74) is -0.723. The van der Waals surface area contributed by atoms with E-state index in [1.807, 2.05) is 0 Å². The van der Waals surface area contributed by atoms with Crippen LogP contribution in [0.25, 0.3) is 0 Å². The third kappa shape index (κ3) is 4.49. The number of para-hydroxylation sites is 1. The van der Waals surface area contributed by atoms with Crippen molar-refractivity contribution in [1.29, 1.82) is 0 Å². The molecule has 0 bridgehead atoms. The zero-order valence-corrected chi connectivity index (χ0v) is 8.97. The van der Waals surface area contributed by atoms with E-state index in [1.165, 1.54) is 12.1 Å². The number of halogens is 3. The summed E-state index contributed by atoms with van der Waals surface area (Å²) in [4.78, 5) is 0. The van der Waals surface area contributed by atoms with Gasteiger partial charge in [-0.1, -0.05) is 23.8 Å². The van der Waals surface area contributed by atoms with Crippen LogP contribution < -0.4 is 4.18 Å². The SMILES string of the molecule is O=S(=O)(F)Oc1ccccc1N=S(=O)(F)F. The van der Waals surface area contributed by atoms with Gasteiger partial charge in [0.2, 0.25) is 0 Å². The molecular formula is C6H4F3NO4S2. The quantitative estimate of drug-likeness (QED) is 0.792. The molecule has 0 atom stereocenters. The smallest absolute Gasteiger partial charge is 0.356 e. The predicted octanol–water partition coefficient (Wildman–Crippen LogP) is 2.15. The predicted molar refractivity (Wildman–Crippen MR) is 49.5 cm³/mol. The lowest BCUT2D eigenvalue weighted by atomic mass is 10.3. The molecule has 0 aliphatic heterocycles. The largest absolute Gasteiger partial charge is 0.488 e. The lowest BCUT2D eigenvalue weighted by Gasteiger charge is -2.02. The Morgan fingerprint density at radius 2 is 1.62 bits per heavy atom. The molecule has 0 N–H and O–H groups in total. The fourth-order valence-corrected chi connectivity index (χ4v) is 1.56. The molecule has 0 aliphatic rings. The average molecular weight is 275 g/mol. The van der Waals surface area contributed by atoms with Gasteiger partial charge >= 0.3 is 21.0 Å². The molecule has 0 unspecified atom stereocenters. The summed E-state index contributed by atoms with van der Waals surface area (Å²) in [5, 5.41) is 0. The molecule has 5 nitrogen and oxygen atoms in total. The molecule has 0 saturated heterocycles. The minimum Gasteiger partial charge on any atom is -0.356 e. The van der Waals surface area contributed by atoms with Gasteiger partial charge in [0.05, 0.1) is 0 Å². The molecule has 0 radical (unpaired) electrons. The number of nitrogens with zero attached hydrogens (tertiary/aromatic N) is 1. The molecule has 1 aromatic carbocycles. The van der Waals surface area contributed by atoms with Crippen LogP contribution in [0.1, 0.15) is 0 Å². The number of hydrogen-bond acceptors (Lipinski definition) is 5. The van der Waals surface area contributed by atoms with Crippen molar-refractivity contribution < 1.29 is 28.5 Å². The fraction of sp³-hybridized carbons (Fsp3) is 0. The summed E-state index contributed by atoms with van der Waals surface area (Å²) in [6.45, 7) is 0. The van der Waals surface area contributed by atoms with Gasteiger partial charge in [0.25, 0.3) is 0 Å². The van der Waals surface area contributed by atoms with Crippen LogP contribution in [0.3, 0.4) is 0 Å². The summed E-state index contributed by atoms with van der Waals surface area (Å²) in [6.07, 6.45) is 0. The highest BCUT2D eigenvalue weighted by atomic mass is 32.3. The lowest BCUT2D eigenvalue weighted by Crippen LogP contribution is -2.01. The molecule has 0 fully saturated rings. The Kier molecular flexibility index (Phi) is 3.43. The Bertz CT molecular complexity index is 598. The summed E-state index contributed by atoms with van der Waals surface area (Å²) < 4.78 is 72.8. The monoisotopic (exact) mass is 275 g/mol. The Morgan fingerprint density at radius 3 is 2.12 bits per heavy atom. The van der Waals surface area contributed by atoms with Crippen molar-refractivity contribution in [2.75, 3.05) is 0 Å². The molecule has 0 heterocycles. The topological polar surface area (TPSA) is 72.8 Å². The van der Waals surface area contributed by atoms with Crippen LogP contribution in [0.4, 0.5) is 17.3 Å². The third-order valence-corrected chi connectivity index (χ3v) is 2.05. The van der Waals surface area contributed by atoms with Crippen LogP contribution in [-0.2, 0) is 21.0 Å². The fourth-order valence-electron chi connectivity index (χ4n) is 0.825. The van der Waals surface area contributed by atoms with Crippen molar-refractivity contribution in [2.45, 2.75) is 0 Å². The van der Waals surface area contributed by atoms with Gasteiger partial charge < -0.3 is 4.18 Å². The maximum Gasteiger partial charge on any atom is 0.488 e. The van der Waals surface area contributed by atoms with Gasteiger partial charge in [-0.05, 0) is 12.1 Å². The Hall–Kier alpha value is -1.29. The summed E-state index contributed by atoms with van der Waals surface area (Å²) in [7, 11) is -10.8. The van der Waals surface area contributed by atoms with E-state index in [1.54, 1.807) is 0 Å². The Balaban J connectivity index is 3.27. The number of benzene rings is 1. The second kappa shape index (κ2) is 4.29. The second-order valence-electron chi connectivity index (χ2n) is 2.43. The Labute approximate surface area is 90.0 Å². The molecule has 1 aromatic rings. The van der Waals surface area contributed by atoms with E-state index in [0.717, 1.165) is 12.1 Å². The zero-order chi connectivity index (χ0) is 12.4. The first-order valence-corrected chi connectivity index (χ1v) is 6.19. The highest BCUT2D eigenvalue weighted by molar-refractivity contribution is 7.83. The summed E-state index contributed by atoms with van der Waals surface area (Å²) >= 11 is 0. The van der Waals surface area contributed by atoms with E-state index >= 15 is 0 Å². The van der Waals surface area contributed by atoms with Crippen LogP contribution in [-0.4, -0.2) is 12.6 Å². The van der Waals surface area contributed by atoms with Crippen molar-refractivity contribution in [2.24, 2.45) is 4.36 Å².